The molecule has 1 aliphatic rings. The molecule has 1 atom stereocenters. The van der Waals surface area contributed by atoms with Crippen LogP contribution in [0.5, 0.6) is 0 Å². The highest BCUT2D eigenvalue weighted by Gasteiger charge is 2.16. The maximum Gasteiger partial charge on any atom is 0.215 e. The minimum Gasteiger partial charge on any atom is -0.316 e. The van der Waals surface area contributed by atoms with Crippen LogP contribution in [0.3, 0.4) is 0 Å². The summed E-state index contributed by atoms with van der Waals surface area (Å²) in [4.78, 5) is 0. The Hall–Kier alpha value is -0.330. The van der Waals surface area contributed by atoms with Gasteiger partial charge in [-0.2, -0.15) is 0 Å². The second-order valence-electron chi connectivity index (χ2n) is 5.40. The summed E-state index contributed by atoms with van der Waals surface area (Å²) in [6, 6.07) is 4.88. The fourth-order valence-corrected chi connectivity index (χ4v) is 3.96. The Kier molecular flexibility index (Phi) is 6.32. The average Bonchev–Trinajstić information content (AvgIpc) is 2.43. The van der Waals surface area contributed by atoms with Crippen molar-refractivity contribution in [2.24, 2.45) is 5.92 Å². The SMILES string of the molecule is O=S(=O)(Cc1ccc(Cl)c(Cl)c1)NCCC1CCCNC1. The van der Waals surface area contributed by atoms with Gasteiger partial charge >= 0.3 is 0 Å². The van der Waals surface area contributed by atoms with E-state index in [2.05, 4.69) is 10.0 Å². The molecule has 1 saturated heterocycles. The molecular formula is C14H20Cl2N2O2S. The van der Waals surface area contributed by atoms with Crippen molar-refractivity contribution in [2.45, 2.75) is 25.0 Å². The lowest BCUT2D eigenvalue weighted by atomic mass is 9.96. The lowest BCUT2D eigenvalue weighted by Gasteiger charge is -2.22. The van der Waals surface area contributed by atoms with Crippen molar-refractivity contribution < 1.29 is 8.42 Å². The van der Waals surface area contributed by atoms with Gasteiger partial charge in [-0.15, -0.1) is 0 Å². The van der Waals surface area contributed by atoms with Gasteiger partial charge in [0.1, 0.15) is 0 Å². The summed E-state index contributed by atoms with van der Waals surface area (Å²) < 4.78 is 26.7. The predicted octanol–water partition coefficient (Wildman–Crippen LogP) is 2.80. The summed E-state index contributed by atoms with van der Waals surface area (Å²) in [6.07, 6.45) is 3.20. The zero-order valence-electron chi connectivity index (χ0n) is 11.7. The quantitative estimate of drug-likeness (QED) is 0.829. The zero-order chi connectivity index (χ0) is 15.3. The van der Waals surface area contributed by atoms with Gasteiger partial charge in [0, 0.05) is 6.54 Å². The third kappa shape index (κ3) is 5.75. The first kappa shape index (κ1) is 17.0. The lowest BCUT2D eigenvalue weighted by molar-refractivity contribution is 0.358. The van der Waals surface area contributed by atoms with Crippen molar-refractivity contribution in [1.82, 2.24) is 10.0 Å². The summed E-state index contributed by atoms with van der Waals surface area (Å²) in [7, 11) is -3.34. The third-order valence-electron chi connectivity index (χ3n) is 3.61. The molecule has 7 heteroatoms. The molecule has 4 nitrogen and oxygen atoms in total. The Morgan fingerprint density at radius 3 is 2.76 bits per heavy atom. The molecule has 21 heavy (non-hydrogen) atoms. The van der Waals surface area contributed by atoms with Gasteiger partial charge in [-0.1, -0.05) is 29.3 Å². The molecular weight excluding hydrogens is 331 g/mol. The number of hydrogen-bond acceptors (Lipinski definition) is 3. The molecule has 118 valence electrons. The molecule has 2 rings (SSSR count). The van der Waals surface area contributed by atoms with E-state index in [0.717, 1.165) is 19.5 Å². The number of sulfonamides is 1. The maximum atomic E-state index is 12.0. The van der Waals surface area contributed by atoms with Crippen LogP contribution >= 0.6 is 23.2 Å². The van der Waals surface area contributed by atoms with Gasteiger partial charge in [0.25, 0.3) is 0 Å². The number of benzene rings is 1. The van der Waals surface area contributed by atoms with Gasteiger partial charge < -0.3 is 5.32 Å². The van der Waals surface area contributed by atoms with Crippen LogP contribution in [0, 0.1) is 5.92 Å². The van der Waals surface area contributed by atoms with Gasteiger partial charge in [0.2, 0.25) is 10.0 Å². The standard InChI is InChI=1S/C14H20Cl2N2O2S/c15-13-4-3-12(8-14(13)16)10-21(19,20)18-7-5-11-2-1-6-17-9-11/h3-4,8,11,17-18H,1-2,5-7,9-10H2. The van der Waals surface area contributed by atoms with Crippen molar-refractivity contribution in [1.29, 1.82) is 0 Å². The summed E-state index contributed by atoms with van der Waals surface area (Å²) in [5.74, 6) is 0.485. The summed E-state index contributed by atoms with van der Waals surface area (Å²) >= 11 is 11.7. The Labute approximate surface area is 136 Å². The fourth-order valence-electron chi connectivity index (χ4n) is 2.49. The van der Waals surface area contributed by atoms with Crippen LogP contribution in [0.1, 0.15) is 24.8 Å². The molecule has 1 aliphatic heterocycles. The van der Waals surface area contributed by atoms with Crippen molar-refractivity contribution in [2.75, 3.05) is 19.6 Å². The fraction of sp³-hybridized carbons (Fsp3) is 0.571. The monoisotopic (exact) mass is 350 g/mol. The van der Waals surface area contributed by atoms with Crippen LogP contribution in [0.4, 0.5) is 0 Å². The second-order valence-corrected chi connectivity index (χ2v) is 8.02. The lowest BCUT2D eigenvalue weighted by Crippen LogP contribution is -2.33. The van der Waals surface area contributed by atoms with Gasteiger partial charge in [-0.3, -0.25) is 0 Å². The van der Waals surface area contributed by atoms with E-state index in [9.17, 15) is 8.42 Å². The smallest absolute Gasteiger partial charge is 0.215 e. The number of hydrogen-bond donors (Lipinski definition) is 2. The van der Waals surface area contributed by atoms with Gasteiger partial charge in [-0.05, 0) is 56.0 Å². The van der Waals surface area contributed by atoms with Crippen LogP contribution in [0.2, 0.25) is 10.0 Å². The van der Waals surface area contributed by atoms with E-state index in [-0.39, 0.29) is 5.75 Å². The first-order valence-electron chi connectivity index (χ1n) is 7.08. The molecule has 0 radical (unpaired) electrons. The Bertz CT molecular complexity index is 572. The van der Waals surface area contributed by atoms with Crippen LogP contribution in [-0.2, 0) is 15.8 Å². The van der Waals surface area contributed by atoms with E-state index in [1.807, 2.05) is 0 Å². The second kappa shape index (κ2) is 7.79. The highest BCUT2D eigenvalue weighted by Crippen LogP contribution is 2.23. The molecule has 1 heterocycles. The number of halogens is 2. The summed E-state index contributed by atoms with van der Waals surface area (Å²) in [5.41, 5.74) is 0.635. The van der Waals surface area contributed by atoms with Gasteiger partial charge in [0.15, 0.2) is 0 Å². The molecule has 0 saturated carbocycles. The van der Waals surface area contributed by atoms with Crippen LogP contribution in [0.25, 0.3) is 0 Å². The first-order chi connectivity index (χ1) is 9.96. The minimum absolute atomic E-state index is 0.0766. The predicted molar refractivity (Wildman–Crippen MR) is 87.3 cm³/mol. The highest BCUT2D eigenvalue weighted by atomic mass is 35.5. The molecule has 2 N–H and O–H groups in total. The van der Waals surface area contributed by atoms with E-state index in [4.69, 9.17) is 23.2 Å². The number of piperidine rings is 1. The zero-order valence-corrected chi connectivity index (χ0v) is 14.1. The van der Waals surface area contributed by atoms with Crippen molar-refractivity contribution in [3.63, 3.8) is 0 Å². The Balaban J connectivity index is 1.82. The molecule has 0 bridgehead atoms. The highest BCUT2D eigenvalue weighted by molar-refractivity contribution is 7.88. The normalized spacial score (nSPS) is 19.6. The van der Waals surface area contributed by atoms with E-state index in [1.54, 1.807) is 18.2 Å². The number of rotatable bonds is 6. The minimum atomic E-state index is -3.34. The van der Waals surface area contributed by atoms with Crippen LogP contribution in [0.15, 0.2) is 18.2 Å². The molecule has 1 aromatic carbocycles. The Morgan fingerprint density at radius 1 is 1.29 bits per heavy atom. The van der Waals surface area contributed by atoms with Crippen LogP contribution < -0.4 is 10.0 Å². The first-order valence-corrected chi connectivity index (χ1v) is 9.49. The third-order valence-corrected chi connectivity index (χ3v) is 5.71. The Morgan fingerprint density at radius 2 is 2.10 bits per heavy atom. The van der Waals surface area contributed by atoms with Crippen molar-refractivity contribution >= 4 is 33.2 Å². The van der Waals surface area contributed by atoms with Crippen molar-refractivity contribution in [3.05, 3.63) is 33.8 Å². The maximum absolute atomic E-state index is 12.0. The molecule has 1 fully saturated rings. The van der Waals surface area contributed by atoms with Gasteiger partial charge in [0.05, 0.1) is 15.8 Å². The van der Waals surface area contributed by atoms with E-state index in [1.165, 1.54) is 12.8 Å². The molecule has 1 aromatic rings. The molecule has 0 spiro atoms. The number of nitrogens with one attached hydrogen (secondary N) is 2. The van der Waals surface area contributed by atoms with E-state index < -0.39 is 10.0 Å². The summed E-state index contributed by atoms with van der Waals surface area (Å²) in [6.45, 7) is 2.53. The molecule has 0 aromatic heterocycles. The molecule has 0 aliphatic carbocycles. The average molecular weight is 351 g/mol. The van der Waals surface area contributed by atoms with Crippen LogP contribution in [-0.4, -0.2) is 28.1 Å². The summed E-state index contributed by atoms with van der Waals surface area (Å²) in [5, 5.41) is 4.13. The topological polar surface area (TPSA) is 58.2 Å². The van der Waals surface area contributed by atoms with E-state index in [0.29, 0.717) is 28.1 Å². The molecule has 1 unspecified atom stereocenters. The largest absolute Gasteiger partial charge is 0.316 e. The van der Waals surface area contributed by atoms with Gasteiger partial charge in [-0.25, -0.2) is 13.1 Å². The molecule has 0 amide bonds. The van der Waals surface area contributed by atoms with Crippen molar-refractivity contribution in [3.8, 4) is 0 Å². The van der Waals surface area contributed by atoms with E-state index >= 15 is 0 Å².